The molecule has 0 saturated carbocycles. The second-order valence-electron chi connectivity index (χ2n) is 4.36. The molecule has 4 nitrogen and oxygen atoms in total. The number of nitrogens with zero attached hydrogens (tertiary/aromatic N) is 2. The fourth-order valence-corrected chi connectivity index (χ4v) is 1.58. The number of carbonyl (C=O) groups excluding carboxylic acids is 1. The molecule has 0 saturated heterocycles. The number of esters is 1. The number of likely N-dealkylation sites (N-methyl/N-ethyl adjacent to an activating group) is 1. The van der Waals surface area contributed by atoms with Gasteiger partial charge >= 0.3 is 5.97 Å². The van der Waals surface area contributed by atoms with Crippen molar-refractivity contribution < 1.29 is 31.9 Å². The van der Waals surface area contributed by atoms with Crippen molar-refractivity contribution in [2.75, 3.05) is 39.2 Å². The maximum atomic E-state index is 11.8. The van der Waals surface area contributed by atoms with E-state index in [1.54, 1.807) is 17.0 Å². The molecule has 1 radical (unpaired) electrons. The first-order valence-electron chi connectivity index (χ1n) is 5.88. The summed E-state index contributed by atoms with van der Waals surface area (Å²) in [4.78, 5) is 15.5. The van der Waals surface area contributed by atoms with Crippen LogP contribution in [-0.2, 0) is 52.4 Å². The molecule has 0 N–H and O–H groups in total. The summed E-state index contributed by atoms with van der Waals surface area (Å²) in [7, 11) is 5.71. The molecular weight excluding hydrogens is 477 g/mol. The molecule has 0 spiro atoms. The standard InChI is InChI=1S/C13H20N2O2S2.Au/c1-14(2)11-6-4-10(5-7-11)12(16)17-9-8-15(3)13(18)19;/h4-7,13,18-19H,8-9H2,1-3H3;/p-2. The Kier molecular flexibility index (Phi) is 9.71. The molecule has 0 fully saturated rings. The van der Waals surface area contributed by atoms with Gasteiger partial charge in [-0.1, -0.05) is 0 Å². The molecule has 0 bridgehead atoms. The number of anilines is 1. The Morgan fingerprint density at radius 3 is 2.20 bits per heavy atom. The number of hydrogen-bond donors (Lipinski definition) is 0. The van der Waals surface area contributed by atoms with Gasteiger partial charge in [0, 0.05) is 48.7 Å². The molecule has 0 atom stereocenters. The van der Waals surface area contributed by atoms with Gasteiger partial charge in [-0.25, -0.2) is 9.50 Å². The van der Waals surface area contributed by atoms with E-state index in [0.29, 0.717) is 12.1 Å². The Hall–Kier alpha value is -0.110. The molecular formula is C13H18AuN2O2S2-2. The van der Waals surface area contributed by atoms with Gasteiger partial charge in [0.15, 0.2) is 0 Å². The summed E-state index contributed by atoms with van der Waals surface area (Å²) in [5, 5.41) is 0. The van der Waals surface area contributed by atoms with Crippen LogP contribution in [-0.4, -0.2) is 49.9 Å². The SMILES string of the molecule is CN(C)c1ccc(C(=O)OCCN(C)C([S-])[S-])cc1.[Au]. The van der Waals surface area contributed by atoms with Crippen molar-refractivity contribution in [3.8, 4) is 0 Å². The van der Waals surface area contributed by atoms with E-state index in [0.717, 1.165) is 5.69 Å². The van der Waals surface area contributed by atoms with Gasteiger partial charge in [-0.15, -0.1) is 0 Å². The minimum atomic E-state index is -0.377. The molecule has 0 aliphatic heterocycles. The van der Waals surface area contributed by atoms with Crippen LogP contribution in [0.25, 0.3) is 0 Å². The van der Waals surface area contributed by atoms with Crippen molar-refractivity contribution in [3.63, 3.8) is 0 Å². The van der Waals surface area contributed by atoms with Crippen LogP contribution in [0.15, 0.2) is 24.3 Å². The van der Waals surface area contributed by atoms with Crippen LogP contribution in [0.5, 0.6) is 0 Å². The Labute approximate surface area is 147 Å². The van der Waals surface area contributed by atoms with E-state index in [4.69, 9.17) is 30.0 Å². The fourth-order valence-electron chi connectivity index (χ4n) is 1.37. The zero-order valence-corrected chi connectivity index (χ0v) is 15.4. The van der Waals surface area contributed by atoms with E-state index >= 15 is 0 Å². The normalized spacial score (nSPS) is 10.3. The zero-order valence-electron chi connectivity index (χ0n) is 11.6. The van der Waals surface area contributed by atoms with Gasteiger partial charge in [0.05, 0.1) is 5.56 Å². The molecule has 1 aromatic carbocycles. The Morgan fingerprint density at radius 2 is 1.75 bits per heavy atom. The predicted octanol–water partition coefficient (Wildman–Crippen LogP) is 1.22. The maximum Gasteiger partial charge on any atom is 0.338 e. The third-order valence-corrected chi connectivity index (χ3v) is 3.38. The third kappa shape index (κ3) is 6.56. The molecule has 0 aliphatic rings. The van der Waals surface area contributed by atoms with E-state index < -0.39 is 0 Å². The summed E-state index contributed by atoms with van der Waals surface area (Å²) in [6.45, 7) is 0.827. The van der Waals surface area contributed by atoms with E-state index in [1.807, 2.05) is 38.2 Å². The van der Waals surface area contributed by atoms with E-state index in [1.165, 1.54) is 0 Å². The average Bonchev–Trinajstić information content (AvgIpc) is 2.38. The monoisotopic (exact) mass is 495 g/mol. The van der Waals surface area contributed by atoms with Gasteiger partial charge in [-0.3, -0.25) is 0 Å². The van der Waals surface area contributed by atoms with Crippen LogP contribution >= 0.6 is 0 Å². The van der Waals surface area contributed by atoms with Crippen LogP contribution in [0.1, 0.15) is 10.4 Å². The Balaban J connectivity index is 0.00000361. The van der Waals surface area contributed by atoms with Gasteiger partial charge in [-0.2, -0.15) is 0 Å². The summed E-state index contributed by atoms with van der Waals surface area (Å²) in [5.74, 6) is -0.330. The summed E-state index contributed by atoms with van der Waals surface area (Å²) in [6, 6.07) is 7.27. The summed E-state index contributed by atoms with van der Waals surface area (Å²) in [5.41, 5.74) is 1.58. The van der Waals surface area contributed by atoms with Crippen molar-refractivity contribution in [3.05, 3.63) is 29.8 Å². The number of carbonyl (C=O) groups is 1. The van der Waals surface area contributed by atoms with Crippen LogP contribution in [0, 0.1) is 0 Å². The number of rotatable bonds is 6. The van der Waals surface area contributed by atoms with Crippen molar-refractivity contribution in [2.45, 2.75) is 4.71 Å². The maximum absolute atomic E-state index is 11.8. The molecule has 0 amide bonds. The largest absolute Gasteiger partial charge is 0.800 e. The second kappa shape index (κ2) is 9.76. The molecule has 7 heteroatoms. The van der Waals surface area contributed by atoms with Gasteiger partial charge < -0.3 is 39.8 Å². The van der Waals surface area contributed by atoms with Crippen LogP contribution in [0.4, 0.5) is 5.69 Å². The molecule has 0 aromatic heterocycles. The van der Waals surface area contributed by atoms with Gasteiger partial charge in [0.1, 0.15) is 6.61 Å². The molecule has 20 heavy (non-hydrogen) atoms. The summed E-state index contributed by atoms with van der Waals surface area (Å²) < 4.78 is 4.79. The van der Waals surface area contributed by atoms with Gasteiger partial charge in [0.2, 0.25) is 0 Å². The predicted molar refractivity (Wildman–Crippen MR) is 82.2 cm³/mol. The van der Waals surface area contributed by atoms with Gasteiger partial charge in [0.25, 0.3) is 0 Å². The minimum absolute atomic E-state index is 0. The minimum Gasteiger partial charge on any atom is -0.800 e. The first-order chi connectivity index (χ1) is 8.91. The van der Waals surface area contributed by atoms with E-state index in [9.17, 15) is 4.79 Å². The molecule has 0 unspecified atom stereocenters. The van der Waals surface area contributed by atoms with Crippen molar-refractivity contribution >= 4 is 36.9 Å². The van der Waals surface area contributed by atoms with Crippen LogP contribution < -0.4 is 4.90 Å². The van der Waals surface area contributed by atoms with Gasteiger partial charge in [-0.05, 0) is 31.3 Å². The quantitative estimate of drug-likeness (QED) is 0.336. The molecule has 1 rings (SSSR count). The zero-order chi connectivity index (χ0) is 14.4. The van der Waals surface area contributed by atoms with Crippen LogP contribution in [0.2, 0.25) is 0 Å². The summed E-state index contributed by atoms with van der Waals surface area (Å²) >= 11 is 9.82. The number of benzene rings is 1. The smallest absolute Gasteiger partial charge is 0.338 e. The topological polar surface area (TPSA) is 32.8 Å². The molecule has 0 heterocycles. The molecule has 117 valence electrons. The first kappa shape index (κ1) is 19.9. The third-order valence-electron chi connectivity index (χ3n) is 2.66. The Morgan fingerprint density at radius 1 is 1.20 bits per heavy atom. The van der Waals surface area contributed by atoms with E-state index in [-0.39, 0.29) is 39.7 Å². The average molecular weight is 495 g/mol. The van der Waals surface area contributed by atoms with Crippen molar-refractivity contribution in [1.82, 2.24) is 4.90 Å². The fraction of sp³-hybridized carbons (Fsp3) is 0.462. The molecule has 0 aliphatic carbocycles. The molecule has 1 aromatic rings. The Bertz CT molecular complexity index is 413. The number of ether oxygens (including phenoxy) is 1. The van der Waals surface area contributed by atoms with Crippen molar-refractivity contribution in [1.29, 1.82) is 0 Å². The van der Waals surface area contributed by atoms with Crippen LogP contribution in [0.3, 0.4) is 0 Å². The number of hydrogen-bond acceptors (Lipinski definition) is 6. The van der Waals surface area contributed by atoms with Crippen molar-refractivity contribution in [2.24, 2.45) is 0 Å². The first-order valence-corrected chi connectivity index (χ1v) is 6.82. The second-order valence-corrected chi connectivity index (χ2v) is 5.56. The summed E-state index contributed by atoms with van der Waals surface area (Å²) in [6.07, 6.45) is 0. The van der Waals surface area contributed by atoms with E-state index in [2.05, 4.69) is 0 Å².